The van der Waals surface area contributed by atoms with Crippen molar-refractivity contribution in [1.82, 2.24) is 29.7 Å². The molecule has 42 heavy (non-hydrogen) atoms. The Kier molecular flexibility index (Phi) is 7.70. The monoisotopic (exact) mass is 570 g/mol. The number of nitrogens with one attached hydrogen (secondary N) is 2. The number of hydrogen-bond acceptors (Lipinski definition) is 9. The largest absolute Gasteiger partial charge is 0.497 e. The number of hydrogen-bond donors (Lipinski definition) is 2. The highest BCUT2D eigenvalue weighted by atomic mass is 16.7. The number of nitrogens with zero attached hydrogens (tertiary/aromatic N) is 6. The van der Waals surface area contributed by atoms with Gasteiger partial charge in [-0.15, -0.1) is 0 Å². The molecule has 3 amide bonds. The minimum Gasteiger partial charge on any atom is -0.497 e. The van der Waals surface area contributed by atoms with Crippen molar-refractivity contribution in [3.05, 3.63) is 79.0 Å². The molecule has 13 nitrogen and oxygen atoms in total. The Balaban J connectivity index is 1.16. The quantitative estimate of drug-likeness (QED) is 0.328. The minimum atomic E-state index is -0.331. The van der Waals surface area contributed by atoms with Crippen LogP contribution < -0.4 is 29.7 Å². The first-order valence-electron chi connectivity index (χ1n) is 13.5. The van der Waals surface area contributed by atoms with E-state index in [1.54, 1.807) is 65.8 Å². The SMILES string of the molecule is COc1ccc(NC(=O)N2CCN(c3ccnc(-n4ccnc4)n3)C(CC(=O)NCc3ccc4c(c3)OCO4)C2)cc1. The van der Waals surface area contributed by atoms with Gasteiger partial charge in [-0.25, -0.2) is 14.8 Å². The lowest BCUT2D eigenvalue weighted by Gasteiger charge is -2.41. The Bertz CT molecular complexity index is 1550. The van der Waals surface area contributed by atoms with Crippen molar-refractivity contribution in [1.29, 1.82) is 0 Å². The van der Waals surface area contributed by atoms with Crippen LogP contribution in [-0.4, -0.2) is 75.9 Å². The number of rotatable bonds is 8. The number of carbonyl (C=O) groups is 2. The van der Waals surface area contributed by atoms with Crippen molar-refractivity contribution < 1.29 is 23.8 Å². The highest BCUT2D eigenvalue weighted by Crippen LogP contribution is 2.32. The third-order valence-electron chi connectivity index (χ3n) is 7.12. The lowest BCUT2D eigenvalue weighted by atomic mass is 10.1. The number of piperazine rings is 1. The number of imidazole rings is 1. The molecule has 216 valence electrons. The Morgan fingerprint density at radius 3 is 2.71 bits per heavy atom. The van der Waals surface area contributed by atoms with Crippen LogP contribution in [-0.2, 0) is 11.3 Å². The van der Waals surface area contributed by atoms with Gasteiger partial charge in [0.25, 0.3) is 0 Å². The third-order valence-corrected chi connectivity index (χ3v) is 7.12. The average Bonchev–Trinajstić information content (AvgIpc) is 3.73. The highest BCUT2D eigenvalue weighted by molar-refractivity contribution is 5.89. The molecule has 1 atom stereocenters. The van der Waals surface area contributed by atoms with E-state index in [0.717, 1.165) is 5.56 Å². The molecule has 13 heteroatoms. The molecular formula is C29H30N8O5. The first kappa shape index (κ1) is 26.9. The number of fused-ring (bicyclic) bond motifs is 1. The van der Waals surface area contributed by atoms with Gasteiger partial charge >= 0.3 is 6.03 Å². The maximum atomic E-state index is 13.2. The standard InChI is InChI=1S/C29H30N8O5/c1-40-23-5-3-21(4-6-23)33-29(39)35-12-13-37(26-8-9-31-28(34-26)36-11-10-30-18-36)22(17-35)15-27(38)32-16-20-2-7-24-25(14-20)42-19-41-24/h2-11,14,18,22H,12-13,15-17,19H2,1H3,(H,32,38)(H,33,39). The van der Waals surface area contributed by atoms with E-state index >= 15 is 0 Å². The van der Waals surface area contributed by atoms with Gasteiger partial charge in [-0.3, -0.25) is 9.36 Å². The van der Waals surface area contributed by atoms with Gasteiger partial charge in [0, 0.05) is 56.9 Å². The molecule has 6 rings (SSSR count). The van der Waals surface area contributed by atoms with Crippen LogP contribution in [0.3, 0.4) is 0 Å². The van der Waals surface area contributed by atoms with Crippen LogP contribution in [0.1, 0.15) is 12.0 Å². The molecule has 0 spiro atoms. The second-order valence-corrected chi connectivity index (χ2v) is 9.81. The molecule has 1 fully saturated rings. The van der Waals surface area contributed by atoms with Crippen molar-refractivity contribution in [2.75, 3.05) is 43.8 Å². The van der Waals surface area contributed by atoms with Gasteiger partial charge in [-0.05, 0) is 48.0 Å². The summed E-state index contributed by atoms with van der Waals surface area (Å²) in [6, 6.07) is 14.0. The van der Waals surface area contributed by atoms with E-state index in [9.17, 15) is 9.59 Å². The highest BCUT2D eigenvalue weighted by Gasteiger charge is 2.32. The van der Waals surface area contributed by atoms with E-state index in [-0.39, 0.29) is 31.2 Å². The fraction of sp³-hybridized carbons (Fsp3) is 0.276. The number of anilines is 2. The summed E-state index contributed by atoms with van der Waals surface area (Å²) in [5, 5.41) is 5.94. The van der Waals surface area contributed by atoms with E-state index in [1.807, 2.05) is 24.3 Å². The molecule has 2 aromatic heterocycles. The van der Waals surface area contributed by atoms with Crippen molar-refractivity contribution in [2.45, 2.75) is 19.0 Å². The molecule has 2 N–H and O–H groups in total. The molecule has 4 heterocycles. The zero-order valence-electron chi connectivity index (χ0n) is 23.0. The molecular weight excluding hydrogens is 540 g/mol. The molecule has 0 bridgehead atoms. The zero-order chi connectivity index (χ0) is 28.9. The Hall–Kier alpha value is -5.33. The predicted molar refractivity (Wildman–Crippen MR) is 153 cm³/mol. The third kappa shape index (κ3) is 6.04. The molecule has 1 unspecified atom stereocenters. The van der Waals surface area contributed by atoms with Crippen molar-refractivity contribution in [3.63, 3.8) is 0 Å². The second-order valence-electron chi connectivity index (χ2n) is 9.81. The van der Waals surface area contributed by atoms with Crippen molar-refractivity contribution >= 4 is 23.4 Å². The zero-order valence-corrected chi connectivity index (χ0v) is 23.0. The first-order chi connectivity index (χ1) is 20.6. The van der Waals surface area contributed by atoms with Gasteiger partial charge in [0.2, 0.25) is 18.6 Å². The maximum absolute atomic E-state index is 13.2. The van der Waals surface area contributed by atoms with Crippen LogP contribution in [0, 0.1) is 0 Å². The lowest BCUT2D eigenvalue weighted by Crippen LogP contribution is -2.57. The van der Waals surface area contributed by atoms with Crippen LogP contribution in [0.5, 0.6) is 17.2 Å². The van der Waals surface area contributed by atoms with Crippen LogP contribution in [0.2, 0.25) is 0 Å². The molecule has 0 radical (unpaired) electrons. The van der Waals surface area contributed by atoms with Crippen molar-refractivity contribution in [3.8, 4) is 23.2 Å². The summed E-state index contributed by atoms with van der Waals surface area (Å²) in [6.07, 6.45) is 6.88. The normalized spacial score (nSPS) is 15.8. The number of ether oxygens (including phenoxy) is 3. The molecule has 0 saturated carbocycles. The molecule has 2 aliphatic heterocycles. The van der Waals surface area contributed by atoms with Gasteiger partial charge in [-0.2, -0.15) is 4.98 Å². The summed E-state index contributed by atoms with van der Waals surface area (Å²) in [4.78, 5) is 43.4. The second kappa shape index (κ2) is 12.0. The number of urea groups is 1. The van der Waals surface area contributed by atoms with E-state index in [2.05, 4.69) is 25.5 Å². The Morgan fingerprint density at radius 1 is 1.05 bits per heavy atom. The van der Waals surface area contributed by atoms with Gasteiger partial charge in [0.1, 0.15) is 17.9 Å². The topological polar surface area (TPSA) is 136 Å². The lowest BCUT2D eigenvalue weighted by molar-refractivity contribution is -0.121. The molecule has 1 saturated heterocycles. The number of aromatic nitrogens is 4. The summed E-state index contributed by atoms with van der Waals surface area (Å²) in [5.74, 6) is 3.04. The number of methoxy groups -OCH3 is 1. The van der Waals surface area contributed by atoms with E-state index in [1.165, 1.54) is 0 Å². The van der Waals surface area contributed by atoms with E-state index in [4.69, 9.17) is 19.2 Å². The molecule has 0 aliphatic carbocycles. The summed E-state index contributed by atoms with van der Waals surface area (Å²) in [7, 11) is 1.59. The minimum absolute atomic E-state index is 0.149. The van der Waals surface area contributed by atoms with Crippen molar-refractivity contribution in [2.24, 2.45) is 0 Å². The molecule has 4 aromatic rings. The van der Waals surface area contributed by atoms with Gasteiger partial charge in [0.15, 0.2) is 11.5 Å². The van der Waals surface area contributed by atoms with Gasteiger partial charge < -0.3 is 34.6 Å². The van der Waals surface area contributed by atoms with E-state index < -0.39 is 0 Å². The van der Waals surface area contributed by atoms with Gasteiger partial charge in [-0.1, -0.05) is 6.07 Å². The Morgan fingerprint density at radius 2 is 1.90 bits per heavy atom. The summed E-state index contributed by atoms with van der Waals surface area (Å²) in [6.45, 7) is 1.78. The van der Waals surface area contributed by atoms with Crippen LogP contribution in [0.15, 0.2) is 73.4 Å². The summed E-state index contributed by atoms with van der Waals surface area (Å²) < 4.78 is 17.7. The smallest absolute Gasteiger partial charge is 0.321 e. The summed E-state index contributed by atoms with van der Waals surface area (Å²) >= 11 is 0. The summed E-state index contributed by atoms with van der Waals surface area (Å²) in [5.41, 5.74) is 1.55. The molecule has 2 aromatic carbocycles. The fourth-order valence-electron chi connectivity index (χ4n) is 4.93. The van der Waals surface area contributed by atoms with E-state index in [0.29, 0.717) is 60.9 Å². The van der Waals surface area contributed by atoms with Crippen LogP contribution in [0.4, 0.5) is 16.3 Å². The number of benzene rings is 2. The average molecular weight is 571 g/mol. The predicted octanol–water partition coefficient (Wildman–Crippen LogP) is 2.83. The molecule has 2 aliphatic rings. The maximum Gasteiger partial charge on any atom is 0.321 e. The fourth-order valence-corrected chi connectivity index (χ4v) is 4.93. The van der Waals surface area contributed by atoms with Crippen LogP contribution in [0.25, 0.3) is 5.95 Å². The van der Waals surface area contributed by atoms with Crippen LogP contribution >= 0.6 is 0 Å². The number of amides is 3. The first-order valence-corrected chi connectivity index (χ1v) is 13.5. The Labute approximate surface area is 242 Å². The number of carbonyl (C=O) groups excluding carboxylic acids is 2. The van der Waals surface area contributed by atoms with Gasteiger partial charge in [0.05, 0.1) is 13.2 Å².